The number of para-hydroxylation sites is 3. The van der Waals surface area contributed by atoms with Gasteiger partial charge in [-0.1, -0.05) is 127 Å². The van der Waals surface area contributed by atoms with E-state index < -0.39 is 0 Å². The molecule has 0 saturated carbocycles. The van der Waals surface area contributed by atoms with Crippen molar-refractivity contribution in [3.8, 4) is 33.6 Å². The molecule has 2 heterocycles. The highest BCUT2D eigenvalue weighted by Crippen LogP contribution is 2.44. The number of fused-ring (bicyclic) bond motifs is 7. The first kappa shape index (κ1) is 26.8. The van der Waals surface area contributed by atoms with Crippen LogP contribution in [0.25, 0.3) is 88.0 Å². The van der Waals surface area contributed by atoms with Gasteiger partial charge in [0, 0.05) is 38.5 Å². The molecule has 0 aliphatic rings. The van der Waals surface area contributed by atoms with Gasteiger partial charge >= 0.3 is 0 Å². The number of benzene rings is 8. The average molecular weight is 611 g/mol. The van der Waals surface area contributed by atoms with Gasteiger partial charge in [0.2, 0.25) is 0 Å². The molecule has 48 heavy (non-hydrogen) atoms. The van der Waals surface area contributed by atoms with Crippen molar-refractivity contribution < 1.29 is 0 Å². The van der Waals surface area contributed by atoms with E-state index in [0.29, 0.717) is 0 Å². The smallest absolute Gasteiger partial charge is 0.0625 e. The molecule has 0 saturated heterocycles. The summed E-state index contributed by atoms with van der Waals surface area (Å²) in [5, 5.41) is 7.52. The third-order valence-electron chi connectivity index (χ3n) is 9.87. The highest BCUT2D eigenvalue weighted by Gasteiger charge is 2.21. The molecular formula is C46H30N2. The summed E-state index contributed by atoms with van der Waals surface area (Å²) >= 11 is 0. The molecule has 10 aromatic rings. The predicted octanol–water partition coefficient (Wildman–Crippen LogP) is 12.4. The highest BCUT2D eigenvalue weighted by molar-refractivity contribution is 6.22. The first-order valence-electron chi connectivity index (χ1n) is 16.5. The lowest BCUT2D eigenvalue weighted by Crippen LogP contribution is -1.97. The Hall–Kier alpha value is -6.38. The molecule has 0 unspecified atom stereocenters. The second-order valence-corrected chi connectivity index (χ2v) is 12.6. The fourth-order valence-corrected chi connectivity index (χ4v) is 7.79. The Morgan fingerprint density at radius 2 is 0.875 bits per heavy atom. The third-order valence-corrected chi connectivity index (χ3v) is 9.87. The molecule has 0 fully saturated rings. The molecule has 0 aliphatic heterocycles. The zero-order valence-corrected chi connectivity index (χ0v) is 26.2. The van der Waals surface area contributed by atoms with Crippen molar-refractivity contribution in [3.63, 3.8) is 0 Å². The Balaban J connectivity index is 1.33. The maximum atomic E-state index is 2.48. The van der Waals surface area contributed by atoms with E-state index in [0.717, 1.165) is 5.69 Å². The highest BCUT2D eigenvalue weighted by atomic mass is 15.0. The lowest BCUT2D eigenvalue weighted by Gasteiger charge is -2.16. The van der Waals surface area contributed by atoms with Crippen molar-refractivity contribution in [1.29, 1.82) is 0 Å². The van der Waals surface area contributed by atoms with Gasteiger partial charge < -0.3 is 9.13 Å². The summed E-state index contributed by atoms with van der Waals surface area (Å²) in [6.45, 7) is 0. The van der Waals surface area contributed by atoms with Crippen LogP contribution in [0.3, 0.4) is 0 Å². The molecular weight excluding hydrogens is 581 g/mol. The summed E-state index contributed by atoms with van der Waals surface area (Å²) < 4.78 is 4.87. The fourth-order valence-electron chi connectivity index (χ4n) is 7.79. The topological polar surface area (TPSA) is 9.86 Å². The largest absolute Gasteiger partial charge is 0.309 e. The van der Waals surface area contributed by atoms with Gasteiger partial charge in [-0.15, -0.1) is 0 Å². The Kier molecular flexibility index (Phi) is 5.91. The summed E-state index contributed by atoms with van der Waals surface area (Å²) in [5.74, 6) is 0. The minimum absolute atomic E-state index is 1.15. The van der Waals surface area contributed by atoms with Crippen molar-refractivity contribution in [1.82, 2.24) is 9.13 Å². The molecule has 8 aromatic carbocycles. The normalized spacial score (nSPS) is 11.8. The Morgan fingerprint density at radius 3 is 1.67 bits per heavy atom. The van der Waals surface area contributed by atoms with Crippen molar-refractivity contribution >= 4 is 54.4 Å². The van der Waals surface area contributed by atoms with Crippen molar-refractivity contribution in [2.45, 2.75) is 0 Å². The molecule has 2 heteroatoms. The van der Waals surface area contributed by atoms with Crippen LogP contribution in [-0.2, 0) is 0 Å². The van der Waals surface area contributed by atoms with Gasteiger partial charge in [-0.25, -0.2) is 0 Å². The monoisotopic (exact) mass is 610 g/mol. The minimum Gasteiger partial charge on any atom is -0.309 e. The Morgan fingerprint density at radius 1 is 0.292 bits per heavy atom. The summed E-state index contributed by atoms with van der Waals surface area (Å²) in [4.78, 5) is 0. The van der Waals surface area contributed by atoms with Gasteiger partial charge in [-0.2, -0.15) is 0 Å². The van der Waals surface area contributed by atoms with Crippen LogP contribution in [0.15, 0.2) is 182 Å². The van der Waals surface area contributed by atoms with E-state index in [-0.39, 0.29) is 0 Å². The Labute approximate surface area is 278 Å². The molecule has 10 rings (SSSR count). The summed E-state index contributed by atoms with van der Waals surface area (Å²) in [6, 6.07) is 66.2. The van der Waals surface area contributed by atoms with Gasteiger partial charge in [-0.3, -0.25) is 0 Å². The standard InChI is InChI=1S/C46H30N2/c1-3-14-31(15-4-1)32-17-13-20-36(28-32)48-43-25-12-10-23-39(43)41-29-33-16-7-8-21-37(33)45(46(41)48)34-26-27-44-40(30-34)38-22-9-11-24-42(38)47(44)35-18-5-2-6-19-35/h1-30H. The molecule has 0 N–H and O–H groups in total. The first-order valence-corrected chi connectivity index (χ1v) is 16.5. The minimum atomic E-state index is 1.15. The van der Waals surface area contributed by atoms with Crippen LogP contribution in [0.5, 0.6) is 0 Å². The van der Waals surface area contributed by atoms with Crippen LogP contribution in [0.1, 0.15) is 0 Å². The van der Waals surface area contributed by atoms with E-state index >= 15 is 0 Å². The summed E-state index contributed by atoms with van der Waals surface area (Å²) in [6.07, 6.45) is 0. The zero-order valence-electron chi connectivity index (χ0n) is 26.2. The molecule has 0 atom stereocenters. The molecule has 0 radical (unpaired) electrons. The summed E-state index contributed by atoms with van der Waals surface area (Å²) in [5.41, 5.74) is 12.1. The molecule has 0 amide bonds. The van der Waals surface area contributed by atoms with Crippen molar-refractivity contribution in [2.75, 3.05) is 0 Å². The van der Waals surface area contributed by atoms with E-state index in [2.05, 4.69) is 191 Å². The van der Waals surface area contributed by atoms with Gasteiger partial charge in [-0.05, 0) is 82.1 Å². The molecule has 0 spiro atoms. The maximum absolute atomic E-state index is 2.48. The fraction of sp³-hybridized carbons (Fsp3) is 0. The van der Waals surface area contributed by atoms with Crippen LogP contribution < -0.4 is 0 Å². The van der Waals surface area contributed by atoms with E-state index in [9.17, 15) is 0 Å². The van der Waals surface area contributed by atoms with Crippen LogP contribution >= 0.6 is 0 Å². The van der Waals surface area contributed by atoms with Crippen LogP contribution in [0.4, 0.5) is 0 Å². The zero-order chi connectivity index (χ0) is 31.6. The molecule has 224 valence electrons. The second-order valence-electron chi connectivity index (χ2n) is 12.6. The maximum Gasteiger partial charge on any atom is 0.0625 e. The SMILES string of the molecule is c1ccc(-c2cccc(-n3c4ccccc4c4cc5ccccc5c(-c5ccc6c(c5)c5ccccc5n6-c5ccccc5)c43)c2)cc1. The van der Waals surface area contributed by atoms with Crippen molar-refractivity contribution in [3.05, 3.63) is 182 Å². The van der Waals surface area contributed by atoms with Crippen molar-refractivity contribution in [2.24, 2.45) is 0 Å². The quantitative estimate of drug-likeness (QED) is 0.188. The van der Waals surface area contributed by atoms with E-state index in [1.54, 1.807) is 0 Å². The van der Waals surface area contributed by atoms with E-state index in [1.807, 2.05) is 0 Å². The van der Waals surface area contributed by atoms with Crippen LogP contribution in [0.2, 0.25) is 0 Å². The van der Waals surface area contributed by atoms with Gasteiger partial charge in [0.15, 0.2) is 0 Å². The molecule has 0 bridgehead atoms. The molecule has 0 aliphatic carbocycles. The van der Waals surface area contributed by atoms with E-state index in [4.69, 9.17) is 0 Å². The first-order chi connectivity index (χ1) is 23.8. The molecule has 2 nitrogen and oxygen atoms in total. The lowest BCUT2D eigenvalue weighted by molar-refractivity contribution is 1.18. The van der Waals surface area contributed by atoms with Gasteiger partial charge in [0.25, 0.3) is 0 Å². The number of nitrogens with zero attached hydrogens (tertiary/aromatic N) is 2. The van der Waals surface area contributed by atoms with Gasteiger partial charge in [0.1, 0.15) is 0 Å². The van der Waals surface area contributed by atoms with Crippen LogP contribution in [0, 0.1) is 0 Å². The number of hydrogen-bond donors (Lipinski definition) is 0. The predicted molar refractivity (Wildman–Crippen MR) is 203 cm³/mol. The Bertz CT molecular complexity index is 2820. The summed E-state index contributed by atoms with van der Waals surface area (Å²) in [7, 11) is 0. The molecule has 2 aromatic heterocycles. The number of aromatic nitrogens is 2. The lowest BCUT2D eigenvalue weighted by atomic mass is 9.93. The number of hydrogen-bond acceptors (Lipinski definition) is 0. The van der Waals surface area contributed by atoms with Gasteiger partial charge in [0.05, 0.1) is 22.1 Å². The average Bonchev–Trinajstić information content (AvgIpc) is 3.67. The number of rotatable bonds is 4. The second kappa shape index (κ2) is 10.6. The van der Waals surface area contributed by atoms with Crippen LogP contribution in [-0.4, -0.2) is 9.13 Å². The van der Waals surface area contributed by atoms with E-state index in [1.165, 1.54) is 82.3 Å². The third kappa shape index (κ3) is 4.00.